The number of anilines is 1. The molecule has 0 aliphatic heterocycles. The van der Waals surface area contributed by atoms with Crippen LogP contribution in [0.4, 0.5) is 18.9 Å². The predicted molar refractivity (Wildman–Crippen MR) is 62.5 cm³/mol. The average Bonchev–Trinajstić information content (AvgIpc) is 2.28. The Labute approximate surface area is 106 Å². The lowest BCUT2D eigenvalue weighted by atomic mass is 10.2. The molecule has 0 heterocycles. The SMILES string of the molecule is CSc1ccc(NC(=O)CC(=O)C(F)(F)F)cc1. The summed E-state index contributed by atoms with van der Waals surface area (Å²) in [5.74, 6) is -3.03. The number of amides is 1. The molecule has 0 aromatic heterocycles. The van der Waals surface area contributed by atoms with Crippen LogP contribution in [0.25, 0.3) is 0 Å². The molecule has 3 nitrogen and oxygen atoms in total. The molecule has 1 rings (SSSR count). The van der Waals surface area contributed by atoms with Gasteiger partial charge >= 0.3 is 6.18 Å². The van der Waals surface area contributed by atoms with Gasteiger partial charge in [-0.05, 0) is 30.5 Å². The highest BCUT2D eigenvalue weighted by atomic mass is 32.2. The van der Waals surface area contributed by atoms with Crippen LogP contribution in [0.5, 0.6) is 0 Å². The van der Waals surface area contributed by atoms with E-state index in [1.807, 2.05) is 6.26 Å². The molecule has 18 heavy (non-hydrogen) atoms. The Hall–Kier alpha value is -1.50. The lowest BCUT2D eigenvalue weighted by molar-refractivity contribution is -0.171. The number of hydrogen-bond donors (Lipinski definition) is 1. The number of alkyl halides is 3. The fourth-order valence-corrected chi connectivity index (χ4v) is 1.53. The van der Waals surface area contributed by atoms with Gasteiger partial charge in [0.2, 0.25) is 11.7 Å². The van der Waals surface area contributed by atoms with Crippen molar-refractivity contribution in [2.45, 2.75) is 17.5 Å². The molecular weight excluding hydrogens is 267 g/mol. The number of benzene rings is 1. The lowest BCUT2D eigenvalue weighted by Gasteiger charge is -2.07. The van der Waals surface area contributed by atoms with Crippen LogP contribution in [0.1, 0.15) is 6.42 Å². The Balaban J connectivity index is 2.57. The summed E-state index contributed by atoms with van der Waals surface area (Å²) < 4.78 is 35.7. The standard InChI is InChI=1S/C11H10F3NO2S/c1-18-8-4-2-7(3-5-8)15-10(17)6-9(16)11(12,13)14/h2-5H,6H2,1H3,(H,15,17). The Morgan fingerprint density at radius 3 is 2.22 bits per heavy atom. The topological polar surface area (TPSA) is 46.2 Å². The number of halogens is 3. The van der Waals surface area contributed by atoms with Gasteiger partial charge in [0.1, 0.15) is 0 Å². The van der Waals surface area contributed by atoms with Gasteiger partial charge < -0.3 is 5.32 Å². The summed E-state index contributed by atoms with van der Waals surface area (Å²) in [6.45, 7) is 0. The lowest BCUT2D eigenvalue weighted by Crippen LogP contribution is -2.27. The van der Waals surface area contributed by atoms with Gasteiger partial charge in [-0.1, -0.05) is 0 Å². The number of carbonyl (C=O) groups excluding carboxylic acids is 2. The predicted octanol–water partition coefficient (Wildman–Crippen LogP) is 2.87. The first-order chi connectivity index (χ1) is 8.32. The van der Waals surface area contributed by atoms with E-state index < -0.39 is 24.3 Å². The largest absolute Gasteiger partial charge is 0.450 e. The van der Waals surface area contributed by atoms with E-state index in [2.05, 4.69) is 5.32 Å². The smallest absolute Gasteiger partial charge is 0.326 e. The zero-order valence-corrected chi connectivity index (χ0v) is 10.2. The molecule has 1 aromatic carbocycles. The summed E-state index contributed by atoms with van der Waals surface area (Å²) in [5, 5.41) is 2.23. The van der Waals surface area contributed by atoms with Crippen LogP contribution in [0.2, 0.25) is 0 Å². The van der Waals surface area contributed by atoms with E-state index in [9.17, 15) is 22.8 Å². The summed E-state index contributed by atoms with van der Waals surface area (Å²) in [6, 6.07) is 6.54. The summed E-state index contributed by atoms with van der Waals surface area (Å²) >= 11 is 1.49. The Morgan fingerprint density at radius 2 is 1.78 bits per heavy atom. The molecule has 0 saturated carbocycles. The average molecular weight is 277 g/mol. The minimum Gasteiger partial charge on any atom is -0.326 e. The van der Waals surface area contributed by atoms with Crippen LogP contribution in [0.15, 0.2) is 29.2 Å². The van der Waals surface area contributed by atoms with Crippen molar-refractivity contribution in [2.24, 2.45) is 0 Å². The van der Waals surface area contributed by atoms with E-state index in [4.69, 9.17) is 0 Å². The van der Waals surface area contributed by atoms with Crippen molar-refractivity contribution in [2.75, 3.05) is 11.6 Å². The fraction of sp³-hybridized carbons (Fsp3) is 0.273. The molecule has 0 unspecified atom stereocenters. The van der Waals surface area contributed by atoms with Gasteiger partial charge in [-0.15, -0.1) is 11.8 Å². The summed E-state index contributed by atoms with van der Waals surface area (Å²) in [4.78, 5) is 22.7. The molecular formula is C11H10F3NO2S. The second-order valence-electron chi connectivity index (χ2n) is 3.37. The number of thioether (sulfide) groups is 1. The number of carbonyl (C=O) groups is 2. The highest BCUT2D eigenvalue weighted by molar-refractivity contribution is 7.98. The maximum atomic E-state index is 11.9. The van der Waals surface area contributed by atoms with E-state index in [1.165, 1.54) is 11.8 Å². The summed E-state index contributed by atoms with van der Waals surface area (Å²) in [6.07, 6.45) is -4.30. The molecule has 1 aromatic rings. The van der Waals surface area contributed by atoms with Crippen LogP contribution in [0, 0.1) is 0 Å². The fourth-order valence-electron chi connectivity index (χ4n) is 1.13. The van der Waals surface area contributed by atoms with Crippen LogP contribution >= 0.6 is 11.8 Å². The quantitative estimate of drug-likeness (QED) is 0.680. The first-order valence-corrected chi connectivity index (χ1v) is 6.09. The van der Waals surface area contributed by atoms with Crippen molar-refractivity contribution < 1.29 is 22.8 Å². The van der Waals surface area contributed by atoms with Crippen LogP contribution in [0.3, 0.4) is 0 Å². The molecule has 98 valence electrons. The van der Waals surface area contributed by atoms with Crippen LogP contribution < -0.4 is 5.32 Å². The van der Waals surface area contributed by atoms with Crippen molar-refractivity contribution >= 4 is 29.1 Å². The number of Topliss-reactive ketones (excluding diaryl/α,β-unsaturated/α-hetero) is 1. The maximum Gasteiger partial charge on any atom is 0.450 e. The Morgan fingerprint density at radius 1 is 1.22 bits per heavy atom. The van der Waals surface area contributed by atoms with E-state index >= 15 is 0 Å². The molecule has 0 radical (unpaired) electrons. The van der Waals surface area contributed by atoms with Crippen molar-refractivity contribution in [3.8, 4) is 0 Å². The van der Waals surface area contributed by atoms with Gasteiger partial charge in [-0.3, -0.25) is 9.59 Å². The van der Waals surface area contributed by atoms with Gasteiger partial charge in [-0.25, -0.2) is 0 Å². The van der Waals surface area contributed by atoms with Gasteiger partial charge in [0, 0.05) is 10.6 Å². The molecule has 0 fully saturated rings. The number of hydrogen-bond acceptors (Lipinski definition) is 3. The molecule has 0 atom stereocenters. The normalized spacial score (nSPS) is 11.1. The molecule has 0 aliphatic rings. The minimum absolute atomic E-state index is 0.354. The summed E-state index contributed by atoms with van der Waals surface area (Å²) in [7, 11) is 0. The maximum absolute atomic E-state index is 11.9. The van der Waals surface area contributed by atoms with Crippen molar-refractivity contribution in [3.05, 3.63) is 24.3 Å². The molecule has 0 saturated heterocycles. The molecule has 1 amide bonds. The second kappa shape index (κ2) is 5.90. The van der Waals surface area contributed by atoms with E-state index in [-0.39, 0.29) is 0 Å². The summed E-state index contributed by atoms with van der Waals surface area (Å²) in [5.41, 5.74) is 0.354. The van der Waals surface area contributed by atoms with Crippen LogP contribution in [-0.4, -0.2) is 24.1 Å². The third-order valence-corrected chi connectivity index (χ3v) is 2.75. The third kappa shape index (κ3) is 4.40. The van der Waals surface area contributed by atoms with Gasteiger partial charge in [0.25, 0.3) is 0 Å². The van der Waals surface area contributed by atoms with E-state index in [0.717, 1.165) is 4.90 Å². The Kier molecular flexibility index (Phi) is 4.77. The third-order valence-electron chi connectivity index (χ3n) is 2.01. The number of rotatable bonds is 4. The number of nitrogens with one attached hydrogen (secondary N) is 1. The van der Waals surface area contributed by atoms with Crippen LogP contribution in [-0.2, 0) is 9.59 Å². The highest BCUT2D eigenvalue weighted by Crippen LogP contribution is 2.19. The molecule has 7 heteroatoms. The second-order valence-corrected chi connectivity index (χ2v) is 4.25. The van der Waals surface area contributed by atoms with Crippen molar-refractivity contribution in [1.82, 2.24) is 0 Å². The molecule has 0 aliphatic carbocycles. The van der Waals surface area contributed by atoms with E-state index in [1.54, 1.807) is 24.3 Å². The number of ketones is 1. The molecule has 1 N–H and O–H groups in total. The van der Waals surface area contributed by atoms with Gasteiger partial charge in [0.15, 0.2) is 0 Å². The zero-order valence-electron chi connectivity index (χ0n) is 9.38. The molecule has 0 spiro atoms. The zero-order chi connectivity index (χ0) is 13.8. The highest BCUT2D eigenvalue weighted by Gasteiger charge is 2.39. The monoisotopic (exact) mass is 277 g/mol. The van der Waals surface area contributed by atoms with Crippen molar-refractivity contribution in [3.63, 3.8) is 0 Å². The van der Waals surface area contributed by atoms with Gasteiger partial charge in [-0.2, -0.15) is 13.2 Å². The Bertz CT molecular complexity index is 443. The first-order valence-electron chi connectivity index (χ1n) is 4.87. The van der Waals surface area contributed by atoms with Gasteiger partial charge in [0.05, 0.1) is 6.42 Å². The molecule has 0 bridgehead atoms. The minimum atomic E-state index is -4.97. The first kappa shape index (κ1) is 14.6. The van der Waals surface area contributed by atoms with E-state index in [0.29, 0.717) is 5.69 Å². The van der Waals surface area contributed by atoms with Crippen molar-refractivity contribution in [1.29, 1.82) is 0 Å².